The summed E-state index contributed by atoms with van der Waals surface area (Å²) in [6.07, 6.45) is 0. The number of benzene rings is 2. The van der Waals surface area contributed by atoms with Gasteiger partial charge in [-0.15, -0.1) is 11.3 Å². The molecule has 3 aromatic rings. The molecule has 0 aliphatic carbocycles. The van der Waals surface area contributed by atoms with Crippen molar-refractivity contribution in [3.63, 3.8) is 0 Å². The molecule has 5 nitrogen and oxygen atoms in total. The zero-order valence-electron chi connectivity index (χ0n) is 18.7. The molecule has 1 N–H and O–H groups in total. The summed E-state index contributed by atoms with van der Waals surface area (Å²) in [5.41, 5.74) is 7.16. The van der Waals surface area contributed by atoms with Crippen LogP contribution < -0.4 is 10.2 Å². The van der Waals surface area contributed by atoms with Crippen molar-refractivity contribution in [2.45, 2.75) is 33.7 Å². The van der Waals surface area contributed by atoms with Gasteiger partial charge in [0.15, 0.2) is 5.13 Å². The second-order valence-electron chi connectivity index (χ2n) is 8.31. The predicted molar refractivity (Wildman–Crippen MR) is 130 cm³/mol. The Morgan fingerprint density at radius 2 is 1.74 bits per heavy atom. The van der Waals surface area contributed by atoms with Gasteiger partial charge in [-0.05, 0) is 44.9 Å². The Hall–Kier alpha value is -2.70. The third kappa shape index (κ3) is 4.81. The highest BCUT2D eigenvalue weighted by Crippen LogP contribution is 2.26. The summed E-state index contributed by atoms with van der Waals surface area (Å²) in [6, 6.07) is 14.6. The Morgan fingerprint density at radius 3 is 2.45 bits per heavy atom. The minimum absolute atomic E-state index is 0.00462. The Bertz CT molecular complexity index is 1050. The number of aryl methyl sites for hydroxylation is 2. The number of nitrogens with one attached hydrogen (secondary N) is 1. The first-order valence-corrected chi connectivity index (χ1v) is 11.7. The van der Waals surface area contributed by atoms with Crippen molar-refractivity contribution in [2.75, 3.05) is 36.4 Å². The first kappa shape index (κ1) is 21.5. The molecule has 1 aliphatic rings. The van der Waals surface area contributed by atoms with Gasteiger partial charge < -0.3 is 10.2 Å². The Morgan fingerprint density at radius 1 is 1.03 bits per heavy atom. The summed E-state index contributed by atoms with van der Waals surface area (Å²) in [6.45, 7) is 12.0. The van der Waals surface area contributed by atoms with Crippen molar-refractivity contribution < 1.29 is 4.79 Å². The van der Waals surface area contributed by atoms with Crippen LogP contribution in [0.1, 0.15) is 23.6 Å². The molecule has 2 aromatic carbocycles. The van der Waals surface area contributed by atoms with E-state index in [0.717, 1.165) is 37.4 Å². The van der Waals surface area contributed by atoms with Crippen molar-refractivity contribution in [1.29, 1.82) is 0 Å². The van der Waals surface area contributed by atoms with E-state index in [-0.39, 0.29) is 11.9 Å². The fraction of sp³-hybridized carbons (Fsp3) is 0.360. The highest BCUT2D eigenvalue weighted by atomic mass is 32.1. The molecule has 1 aromatic heterocycles. The summed E-state index contributed by atoms with van der Waals surface area (Å²) in [4.78, 5) is 22.1. The number of aromatic nitrogens is 1. The van der Waals surface area contributed by atoms with Crippen molar-refractivity contribution in [2.24, 2.45) is 0 Å². The average molecular weight is 435 g/mol. The van der Waals surface area contributed by atoms with Gasteiger partial charge in [0.25, 0.3) is 0 Å². The van der Waals surface area contributed by atoms with Crippen LogP contribution in [-0.4, -0.2) is 48.0 Å². The topological polar surface area (TPSA) is 48.5 Å². The highest BCUT2D eigenvalue weighted by Gasteiger charge is 2.26. The summed E-state index contributed by atoms with van der Waals surface area (Å²) in [7, 11) is 0. The molecule has 2 heterocycles. The Kier molecular flexibility index (Phi) is 6.39. The quantitative estimate of drug-likeness (QED) is 0.621. The lowest BCUT2D eigenvalue weighted by Crippen LogP contribution is -2.53. The fourth-order valence-corrected chi connectivity index (χ4v) is 4.71. The number of hydrogen-bond acceptors (Lipinski definition) is 5. The van der Waals surface area contributed by atoms with Crippen LogP contribution in [0.4, 0.5) is 10.8 Å². The molecule has 1 atom stereocenters. The van der Waals surface area contributed by atoms with E-state index in [1.54, 1.807) is 0 Å². The van der Waals surface area contributed by atoms with Crippen LogP contribution in [0.2, 0.25) is 0 Å². The van der Waals surface area contributed by atoms with Crippen LogP contribution >= 0.6 is 11.3 Å². The zero-order chi connectivity index (χ0) is 22.0. The Labute approximate surface area is 188 Å². The maximum atomic E-state index is 12.9. The molecule has 31 heavy (non-hydrogen) atoms. The first-order valence-electron chi connectivity index (χ1n) is 10.8. The van der Waals surface area contributed by atoms with Crippen LogP contribution in [0.15, 0.2) is 47.8 Å². The second kappa shape index (κ2) is 9.20. The van der Waals surface area contributed by atoms with Gasteiger partial charge in [-0.2, -0.15) is 0 Å². The summed E-state index contributed by atoms with van der Waals surface area (Å²) >= 11 is 1.47. The van der Waals surface area contributed by atoms with E-state index >= 15 is 0 Å². The molecule has 0 spiro atoms. The number of piperazine rings is 1. The minimum Gasteiger partial charge on any atom is -0.369 e. The lowest BCUT2D eigenvalue weighted by atomic mass is 10.1. The van der Waals surface area contributed by atoms with Gasteiger partial charge in [-0.1, -0.05) is 42.0 Å². The fourth-order valence-electron chi connectivity index (χ4n) is 3.99. The average Bonchev–Trinajstić information content (AvgIpc) is 3.24. The molecular weight excluding hydrogens is 404 g/mol. The number of rotatable bonds is 5. The number of carbonyl (C=O) groups is 1. The second-order valence-corrected chi connectivity index (χ2v) is 9.17. The molecule has 1 amide bonds. The highest BCUT2D eigenvalue weighted by molar-refractivity contribution is 7.14. The molecule has 0 saturated carbocycles. The number of thiazole rings is 1. The van der Waals surface area contributed by atoms with E-state index in [2.05, 4.69) is 83.3 Å². The van der Waals surface area contributed by atoms with E-state index in [1.165, 1.54) is 33.7 Å². The third-order valence-corrected chi connectivity index (χ3v) is 7.00. The predicted octanol–water partition coefficient (Wildman–Crippen LogP) is 4.88. The number of anilines is 2. The molecule has 1 saturated heterocycles. The van der Waals surface area contributed by atoms with Gasteiger partial charge >= 0.3 is 0 Å². The molecule has 1 unspecified atom stereocenters. The molecule has 162 valence electrons. The summed E-state index contributed by atoms with van der Waals surface area (Å²) in [5, 5.41) is 5.66. The van der Waals surface area contributed by atoms with Crippen molar-refractivity contribution >= 4 is 28.1 Å². The number of nitrogens with zero attached hydrogens (tertiary/aromatic N) is 3. The minimum atomic E-state index is -0.188. The monoisotopic (exact) mass is 434 g/mol. The van der Waals surface area contributed by atoms with Crippen molar-refractivity contribution in [3.8, 4) is 11.3 Å². The van der Waals surface area contributed by atoms with Gasteiger partial charge in [-0.25, -0.2) is 4.98 Å². The van der Waals surface area contributed by atoms with Crippen LogP contribution in [0, 0.1) is 20.8 Å². The molecule has 4 rings (SSSR count). The van der Waals surface area contributed by atoms with Gasteiger partial charge in [0, 0.05) is 42.8 Å². The third-order valence-electron chi connectivity index (χ3n) is 6.24. The molecule has 0 bridgehead atoms. The lowest BCUT2D eigenvalue weighted by molar-refractivity contribution is -0.120. The zero-order valence-corrected chi connectivity index (χ0v) is 19.5. The Balaban J connectivity index is 1.34. The number of amides is 1. The molecular formula is C25H30N4OS. The molecule has 0 radical (unpaired) electrons. The summed E-state index contributed by atoms with van der Waals surface area (Å²) in [5.74, 6) is 0.00462. The maximum absolute atomic E-state index is 12.9. The molecule has 6 heteroatoms. The van der Waals surface area contributed by atoms with Crippen LogP contribution in [0.5, 0.6) is 0 Å². The maximum Gasteiger partial charge on any atom is 0.243 e. The van der Waals surface area contributed by atoms with Gasteiger partial charge in [-0.3, -0.25) is 9.69 Å². The normalized spacial score (nSPS) is 15.7. The number of hydrogen-bond donors (Lipinski definition) is 1. The van der Waals surface area contributed by atoms with E-state index in [0.29, 0.717) is 5.13 Å². The van der Waals surface area contributed by atoms with Crippen LogP contribution in [0.3, 0.4) is 0 Å². The smallest absolute Gasteiger partial charge is 0.243 e. The van der Waals surface area contributed by atoms with Gasteiger partial charge in [0.1, 0.15) is 0 Å². The SMILES string of the molecule is Cc1ccc(-c2csc(NC(=O)C(C)N3CCN(c4cccc(C)c4C)CC3)n2)cc1. The van der Waals surface area contributed by atoms with Crippen LogP contribution in [0.25, 0.3) is 11.3 Å². The molecule has 1 fully saturated rings. The standard InChI is InChI=1S/C25H30N4OS/c1-17-8-10-21(11-9-17)22-16-31-25(26-22)27-24(30)20(4)28-12-14-29(15-13-28)23-7-5-6-18(2)19(23)3/h5-11,16,20H,12-15H2,1-4H3,(H,26,27,30). The van der Waals surface area contributed by atoms with Crippen LogP contribution in [-0.2, 0) is 4.79 Å². The molecule has 1 aliphatic heterocycles. The van der Waals surface area contributed by atoms with Gasteiger partial charge in [0.2, 0.25) is 5.91 Å². The van der Waals surface area contributed by atoms with E-state index in [4.69, 9.17) is 0 Å². The number of carbonyl (C=O) groups excluding carboxylic acids is 1. The van der Waals surface area contributed by atoms with Crippen molar-refractivity contribution in [1.82, 2.24) is 9.88 Å². The van der Waals surface area contributed by atoms with E-state index in [1.807, 2.05) is 12.3 Å². The van der Waals surface area contributed by atoms with Gasteiger partial charge in [0.05, 0.1) is 11.7 Å². The summed E-state index contributed by atoms with van der Waals surface area (Å²) < 4.78 is 0. The first-order chi connectivity index (χ1) is 14.9. The lowest BCUT2D eigenvalue weighted by Gasteiger charge is -2.39. The van der Waals surface area contributed by atoms with E-state index < -0.39 is 0 Å². The largest absolute Gasteiger partial charge is 0.369 e. The van der Waals surface area contributed by atoms with E-state index in [9.17, 15) is 4.79 Å². The van der Waals surface area contributed by atoms with Crippen molar-refractivity contribution in [3.05, 3.63) is 64.5 Å².